The first-order chi connectivity index (χ1) is 8.13. The quantitative estimate of drug-likeness (QED) is 0.752. The molecular weight excluding hydrogens is 212 g/mol. The molecule has 0 aromatic carbocycles. The second kappa shape index (κ2) is 4.27. The van der Waals surface area contributed by atoms with E-state index in [1.54, 1.807) is 0 Å². The van der Waals surface area contributed by atoms with E-state index in [9.17, 15) is 4.79 Å². The number of rotatable bonds is 1. The predicted molar refractivity (Wildman–Crippen MR) is 67.3 cm³/mol. The van der Waals surface area contributed by atoms with Gasteiger partial charge in [-0.25, -0.2) is 0 Å². The van der Waals surface area contributed by atoms with E-state index in [0.717, 1.165) is 31.8 Å². The van der Waals surface area contributed by atoms with Crippen molar-refractivity contribution in [1.29, 1.82) is 0 Å². The maximum Gasteiger partial charge on any atom is 0.226 e. The lowest BCUT2D eigenvalue weighted by Gasteiger charge is -2.37. The van der Waals surface area contributed by atoms with Crippen molar-refractivity contribution in [2.75, 3.05) is 13.1 Å². The van der Waals surface area contributed by atoms with Crippen LogP contribution in [0.1, 0.15) is 39.0 Å². The Hall–Kier alpha value is -0.570. The van der Waals surface area contributed by atoms with Crippen molar-refractivity contribution in [3.8, 4) is 0 Å². The first-order valence-corrected chi connectivity index (χ1v) is 7.18. The molecule has 0 radical (unpaired) electrons. The molecule has 1 aliphatic heterocycles. The van der Waals surface area contributed by atoms with Crippen molar-refractivity contribution >= 4 is 5.91 Å². The molecular formula is C14H24N2O. The second-order valence-electron chi connectivity index (χ2n) is 6.63. The third-order valence-electron chi connectivity index (χ3n) is 5.06. The number of likely N-dealkylation sites (tertiary alicyclic amines) is 1. The number of nitrogens with two attached hydrogens (primary N) is 1. The minimum absolute atomic E-state index is 0.196. The Morgan fingerprint density at radius 3 is 2.59 bits per heavy atom. The maximum absolute atomic E-state index is 12.6. The van der Waals surface area contributed by atoms with Gasteiger partial charge in [-0.2, -0.15) is 0 Å². The van der Waals surface area contributed by atoms with Gasteiger partial charge in [-0.3, -0.25) is 4.79 Å². The number of nitrogens with zero attached hydrogens (tertiary/aromatic N) is 1. The zero-order valence-electron chi connectivity index (χ0n) is 10.8. The van der Waals surface area contributed by atoms with Gasteiger partial charge in [0.25, 0.3) is 0 Å². The molecule has 2 N–H and O–H groups in total. The molecule has 0 spiro atoms. The highest BCUT2D eigenvalue weighted by molar-refractivity contribution is 5.80. The molecule has 2 saturated carbocycles. The summed E-state index contributed by atoms with van der Waals surface area (Å²) in [6.07, 6.45) is 6.19. The topological polar surface area (TPSA) is 46.3 Å². The van der Waals surface area contributed by atoms with Crippen LogP contribution in [0.25, 0.3) is 0 Å². The highest BCUT2D eigenvalue weighted by Gasteiger charge is 2.45. The van der Waals surface area contributed by atoms with Gasteiger partial charge in [-0.05, 0) is 43.4 Å². The van der Waals surface area contributed by atoms with Crippen LogP contribution < -0.4 is 5.73 Å². The SMILES string of the molecule is CC1CC(N)CN(C(=O)C2CC3CCC2C3)C1. The summed E-state index contributed by atoms with van der Waals surface area (Å²) in [5.74, 6) is 2.87. The second-order valence-corrected chi connectivity index (χ2v) is 6.63. The fourth-order valence-electron chi connectivity index (χ4n) is 4.36. The van der Waals surface area contributed by atoms with Gasteiger partial charge in [0.1, 0.15) is 0 Å². The monoisotopic (exact) mass is 236 g/mol. The number of piperidine rings is 1. The summed E-state index contributed by atoms with van der Waals surface area (Å²) >= 11 is 0. The molecule has 0 aromatic rings. The van der Waals surface area contributed by atoms with Gasteiger partial charge >= 0.3 is 0 Å². The largest absolute Gasteiger partial charge is 0.341 e. The van der Waals surface area contributed by atoms with Crippen LogP contribution in [0.2, 0.25) is 0 Å². The zero-order chi connectivity index (χ0) is 12.0. The Kier molecular flexibility index (Phi) is 2.89. The number of hydrogen-bond acceptors (Lipinski definition) is 2. The summed E-state index contributed by atoms with van der Waals surface area (Å²) in [6, 6.07) is 0.196. The van der Waals surface area contributed by atoms with Crippen LogP contribution in [-0.4, -0.2) is 29.9 Å². The first kappa shape index (κ1) is 11.5. The Labute approximate surface area is 104 Å². The summed E-state index contributed by atoms with van der Waals surface area (Å²) in [5.41, 5.74) is 6.03. The fraction of sp³-hybridized carbons (Fsp3) is 0.929. The lowest BCUT2D eigenvalue weighted by molar-refractivity contribution is -0.139. The summed E-state index contributed by atoms with van der Waals surface area (Å²) in [4.78, 5) is 14.6. The summed E-state index contributed by atoms with van der Waals surface area (Å²) < 4.78 is 0. The summed E-state index contributed by atoms with van der Waals surface area (Å²) in [6.45, 7) is 3.93. The van der Waals surface area contributed by atoms with E-state index < -0.39 is 0 Å². The van der Waals surface area contributed by atoms with E-state index in [2.05, 4.69) is 11.8 Å². The van der Waals surface area contributed by atoms with E-state index in [0.29, 0.717) is 23.7 Å². The zero-order valence-corrected chi connectivity index (χ0v) is 10.8. The smallest absolute Gasteiger partial charge is 0.226 e. The molecule has 17 heavy (non-hydrogen) atoms. The molecule has 5 atom stereocenters. The number of fused-ring (bicyclic) bond motifs is 2. The minimum atomic E-state index is 0.196. The van der Waals surface area contributed by atoms with Crippen LogP contribution in [0.3, 0.4) is 0 Å². The van der Waals surface area contributed by atoms with E-state index in [4.69, 9.17) is 5.73 Å². The van der Waals surface area contributed by atoms with Gasteiger partial charge in [0.05, 0.1) is 0 Å². The first-order valence-electron chi connectivity index (χ1n) is 7.18. The molecule has 3 aliphatic rings. The van der Waals surface area contributed by atoms with Crippen LogP contribution in [-0.2, 0) is 4.79 Å². The van der Waals surface area contributed by atoms with E-state index in [1.807, 2.05) is 0 Å². The number of carbonyl (C=O) groups excluding carboxylic acids is 1. The van der Waals surface area contributed by atoms with Gasteiger partial charge in [0.2, 0.25) is 5.91 Å². The molecule has 2 aliphatic carbocycles. The van der Waals surface area contributed by atoms with Gasteiger partial charge in [0, 0.05) is 25.0 Å². The highest BCUT2D eigenvalue weighted by Crippen LogP contribution is 2.49. The molecule has 5 unspecified atom stereocenters. The van der Waals surface area contributed by atoms with Crippen LogP contribution >= 0.6 is 0 Å². The minimum Gasteiger partial charge on any atom is -0.341 e. The van der Waals surface area contributed by atoms with E-state index in [-0.39, 0.29) is 6.04 Å². The van der Waals surface area contributed by atoms with Crippen molar-refractivity contribution in [1.82, 2.24) is 4.90 Å². The molecule has 1 heterocycles. The van der Waals surface area contributed by atoms with Crippen LogP contribution in [0.5, 0.6) is 0 Å². The van der Waals surface area contributed by atoms with Gasteiger partial charge < -0.3 is 10.6 Å². The average Bonchev–Trinajstić information content (AvgIpc) is 2.88. The van der Waals surface area contributed by atoms with Gasteiger partial charge in [-0.15, -0.1) is 0 Å². The molecule has 3 nitrogen and oxygen atoms in total. The van der Waals surface area contributed by atoms with Crippen molar-refractivity contribution in [2.24, 2.45) is 29.4 Å². The van der Waals surface area contributed by atoms with Crippen LogP contribution in [0.15, 0.2) is 0 Å². The molecule has 3 rings (SSSR count). The third kappa shape index (κ3) is 2.10. The van der Waals surface area contributed by atoms with Gasteiger partial charge in [-0.1, -0.05) is 13.3 Å². The molecule has 96 valence electrons. The Morgan fingerprint density at radius 2 is 2.00 bits per heavy atom. The number of carbonyl (C=O) groups is 1. The molecule has 3 heteroatoms. The van der Waals surface area contributed by atoms with Crippen molar-refractivity contribution in [2.45, 2.75) is 45.1 Å². The predicted octanol–water partition coefficient (Wildman–Crippen LogP) is 1.62. The molecule has 0 aromatic heterocycles. The molecule has 1 saturated heterocycles. The lowest BCUT2D eigenvalue weighted by atomic mass is 9.86. The van der Waals surface area contributed by atoms with Crippen molar-refractivity contribution in [3.63, 3.8) is 0 Å². The van der Waals surface area contributed by atoms with Crippen LogP contribution in [0.4, 0.5) is 0 Å². The Morgan fingerprint density at radius 1 is 1.18 bits per heavy atom. The standard InChI is InChI=1S/C14H24N2O/c1-9-4-12(15)8-16(7-9)14(17)13-6-10-2-3-11(13)5-10/h9-13H,2-8,15H2,1H3. The molecule has 3 fully saturated rings. The van der Waals surface area contributed by atoms with Crippen LogP contribution in [0, 0.1) is 23.7 Å². The summed E-state index contributed by atoms with van der Waals surface area (Å²) in [7, 11) is 0. The van der Waals surface area contributed by atoms with E-state index in [1.165, 1.54) is 19.3 Å². The van der Waals surface area contributed by atoms with Crippen molar-refractivity contribution < 1.29 is 4.79 Å². The Bertz CT molecular complexity index is 307. The molecule has 1 amide bonds. The third-order valence-corrected chi connectivity index (χ3v) is 5.06. The number of amides is 1. The number of hydrogen-bond donors (Lipinski definition) is 1. The maximum atomic E-state index is 12.6. The lowest BCUT2D eigenvalue weighted by Crippen LogP contribution is -2.51. The fourth-order valence-corrected chi connectivity index (χ4v) is 4.36. The van der Waals surface area contributed by atoms with Crippen molar-refractivity contribution in [3.05, 3.63) is 0 Å². The normalized spacial score (nSPS) is 45.3. The summed E-state index contributed by atoms with van der Waals surface area (Å²) in [5, 5.41) is 0. The highest BCUT2D eigenvalue weighted by atomic mass is 16.2. The van der Waals surface area contributed by atoms with Gasteiger partial charge in [0.15, 0.2) is 0 Å². The average molecular weight is 236 g/mol. The Balaban J connectivity index is 1.65. The van der Waals surface area contributed by atoms with E-state index >= 15 is 0 Å². The molecule has 2 bridgehead atoms.